The van der Waals surface area contributed by atoms with Crippen molar-refractivity contribution in [3.63, 3.8) is 0 Å². The quantitative estimate of drug-likeness (QED) is 0.801. The summed E-state index contributed by atoms with van der Waals surface area (Å²) in [6, 6.07) is 7.83. The Morgan fingerprint density at radius 2 is 1.75 bits per heavy atom. The predicted molar refractivity (Wildman–Crippen MR) is 64.8 cm³/mol. The van der Waals surface area contributed by atoms with Gasteiger partial charge in [-0.1, -0.05) is 38.1 Å². The number of likely N-dealkylation sites (N-methyl/N-ethyl adjacent to an activating group) is 1. The van der Waals surface area contributed by atoms with Gasteiger partial charge in [0.2, 0.25) is 0 Å². The van der Waals surface area contributed by atoms with Crippen molar-refractivity contribution in [2.45, 2.75) is 25.7 Å². The van der Waals surface area contributed by atoms with Crippen molar-refractivity contribution in [2.75, 3.05) is 13.6 Å². The minimum Gasteiger partial charge on any atom is -0.481 e. The summed E-state index contributed by atoms with van der Waals surface area (Å²) in [7, 11) is 1.76. The Bertz CT molecular complexity index is 343. The van der Waals surface area contributed by atoms with Gasteiger partial charge in [0.05, 0.1) is 5.92 Å². The van der Waals surface area contributed by atoms with Crippen LogP contribution >= 0.6 is 0 Å². The number of aliphatic carboxylic acids is 1. The van der Waals surface area contributed by atoms with E-state index in [4.69, 9.17) is 5.11 Å². The van der Waals surface area contributed by atoms with Crippen LogP contribution in [0.15, 0.2) is 24.3 Å². The second kappa shape index (κ2) is 5.66. The summed E-state index contributed by atoms with van der Waals surface area (Å²) in [4.78, 5) is 11.1. The highest BCUT2D eigenvalue weighted by Gasteiger charge is 2.18. The summed E-state index contributed by atoms with van der Waals surface area (Å²) in [5.74, 6) is -0.778. The van der Waals surface area contributed by atoms with Crippen LogP contribution in [-0.4, -0.2) is 24.7 Å². The normalized spacial score (nSPS) is 12.8. The highest BCUT2D eigenvalue weighted by atomic mass is 16.4. The molecule has 1 rings (SSSR count). The van der Waals surface area contributed by atoms with Crippen LogP contribution in [0.25, 0.3) is 0 Å². The molecule has 0 heterocycles. The van der Waals surface area contributed by atoms with Gasteiger partial charge in [-0.05, 0) is 24.1 Å². The fourth-order valence-corrected chi connectivity index (χ4v) is 1.67. The van der Waals surface area contributed by atoms with Crippen molar-refractivity contribution < 1.29 is 9.90 Å². The SMILES string of the molecule is CNCC(C(=O)O)c1ccc(C(C)C)cc1. The molecule has 1 atom stereocenters. The minimum absolute atomic E-state index is 0.455. The van der Waals surface area contributed by atoms with Crippen molar-refractivity contribution in [3.05, 3.63) is 35.4 Å². The van der Waals surface area contributed by atoms with E-state index in [9.17, 15) is 4.79 Å². The molecule has 0 saturated heterocycles. The van der Waals surface area contributed by atoms with E-state index in [1.165, 1.54) is 5.56 Å². The zero-order chi connectivity index (χ0) is 12.1. The van der Waals surface area contributed by atoms with Crippen LogP contribution in [0.2, 0.25) is 0 Å². The molecule has 2 N–H and O–H groups in total. The summed E-state index contributed by atoms with van der Waals surface area (Å²) in [5.41, 5.74) is 2.09. The van der Waals surface area contributed by atoms with Crippen molar-refractivity contribution >= 4 is 5.97 Å². The molecule has 88 valence electrons. The lowest BCUT2D eigenvalue weighted by Crippen LogP contribution is -2.24. The molecule has 1 aromatic rings. The monoisotopic (exact) mass is 221 g/mol. The minimum atomic E-state index is -0.786. The highest BCUT2D eigenvalue weighted by Crippen LogP contribution is 2.20. The predicted octanol–water partition coefficient (Wildman–Crippen LogP) is 2.20. The van der Waals surface area contributed by atoms with Gasteiger partial charge < -0.3 is 10.4 Å². The number of carboxylic acid groups (broad SMARTS) is 1. The van der Waals surface area contributed by atoms with Crippen LogP contribution in [0, 0.1) is 0 Å². The molecule has 0 aromatic heterocycles. The molecule has 0 fully saturated rings. The standard InChI is InChI=1S/C13H19NO2/c1-9(2)10-4-6-11(7-5-10)12(8-14-3)13(15)16/h4-7,9,12,14H,8H2,1-3H3,(H,15,16). The molecule has 0 aliphatic carbocycles. The average Bonchev–Trinajstić information content (AvgIpc) is 2.25. The van der Waals surface area contributed by atoms with Gasteiger partial charge in [-0.15, -0.1) is 0 Å². The Labute approximate surface area is 96.5 Å². The molecular formula is C13H19NO2. The molecule has 1 unspecified atom stereocenters. The van der Waals surface area contributed by atoms with Gasteiger partial charge in [-0.2, -0.15) is 0 Å². The van der Waals surface area contributed by atoms with E-state index in [1.54, 1.807) is 7.05 Å². The molecule has 0 radical (unpaired) electrons. The Balaban J connectivity index is 2.89. The number of hydrogen-bond donors (Lipinski definition) is 2. The smallest absolute Gasteiger partial charge is 0.312 e. The van der Waals surface area contributed by atoms with Gasteiger partial charge >= 0.3 is 5.97 Å². The zero-order valence-corrected chi connectivity index (χ0v) is 10.0. The molecular weight excluding hydrogens is 202 g/mol. The third kappa shape index (κ3) is 3.07. The van der Waals surface area contributed by atoms with E-state index in [0.717, 1.165) is 5.56 Å². The maximum Gasteiger partial charge on any atom is 0.312 e. The molecule has 0 spiro atoms. The van der Waals surface area contributed by atoms with Gasteiger partial charge in [-0.3, -0.25) is 4.79 Å². The van der Waals surface area contributed by atoms with Crippen molar-refractivity contribution in [2.24, 2.45) is 0 Å². The Morgan fingerprint density at radius 1 is 1.25 bits per heavy atom. The second-order valence-electron chi connectivity index (χ2n) is 4.27. The molecule has 0 aliphatic heterocycles. The maximum absolute atomic E-state index is 11.1. The Morgan fingerprint density at radius 3 is 2.12 bits per heavy atom. The van der Waals surface area contributed by atoms with Gasteiger partial charge in [0.25, 0.3) is 0 Å². The summed E-state index contributed by atoms with van der Waals surface area (Å²) < 4.78 is 0. The van der Waals surface area contributed by atoms with Gasteiger partial charge in [0, 0.05) is 6.54 Å². The van der Waals surface area contributed by atoms with Crippen molar-refractivity contribution in [3.8, 4) is 0 Å². The summed E-state index contributed by atoms with van der Waals surface area (Å²) in [6.45, 7) is 4.70. The molecule has 1 aromatic carbocycles. The number of nitrogens with one attached hydrogen (secondary N) is 1. The van der Waals surface area contributed by atoms with E-state index < -0.39 is 11.9 Å². The first-order valence-corrected chi connectivity index (χ1v) is 5.53. The van der Waals surface area contributed by atoms with Crippen LogP contribution in [0.1, 0.15) is 36.8 Å². The third-order valence-corrected chi connectivity index (χ3v) is 2.71. The van der Waals surface area contributed by atoms with E-state index in [-0.39, 0.29) is 0 Å². The van der Waals surface area contributed by atoms with Crippen molar-refractivity contribution in [1.82, 2.24) is 5.32 Å². The van der Waals surface area contributed by atoms with Crippen molar-refractivity contribution in [1.29, 1.82) is 0 Å². The molecule has 0 bridgehead atoms. The topological polar surface area (TPSA) is 49.3 Å². The Kier molecular flexibility index (Phi) is 4.50. The van der Waals surface area contributed by atoms with Crippen LogP contribution in [0.5, 0.6) is 0 Å². The first-order valence-electron chi connectivity index (χ1n) is 5.53. The van der Waals surface area contributed by atoms with Crippen LogP contribution < -0.4 is 5.32 Å². The van der Waals surface area contributed by atoms with E-state index in [2.05, 4.69) is 19.2 Å². The third-order valence-electron chi connectivity index (χ3n) is 2.71. The van der Waals surface area contributed by atoms with Gasteiger partial charge in [-0.25, -0.2) is 0 Å². The molecule has 0 saturated carbocycles. The lowest BCUT2D eigenvalue weighted by atomic mass is 9.95. The summed E-state index contributed by atoms with van der Waals surface area (Å²) in [6.07, 6.45) is 0. The van der Waals surface area contributed by atoms with Gasteiger partial charge in [0.15, 0.2) is 0 Å². The lowest BCUT2D eigenvalue weighted by molar-refractivity contribution is -0.138. The number of hydrogen-bond acceptors (Lipinski definition) is 2. The summed E-state index contributed by atoms with van der Waals surface area (Å²) >= 11 is 0. The highest BCUT2D eigenvalue weighted by molar-refractivity contribution is 5.76. The van der Waals surface area contributed by atoms with E-state index in [1.807, 2.05) is 24.3 Å². The second-order valence-corrected chi connectivity index (χ2v) is 4.27. The summed E-state index contributed by atoms with van der Waals surface area (Å²) in [5, 5.41) is 12.0. The average molecular weight is 221 g/mol. The first kappa shape index (κ1) is 12.7. The molecule has 0 aliphatic rings. The fraction of sp³-hybridized carbons (Fsp3) is 0.462. The molecule has 16 heavy (non-hydrogen) atoms. The largest absolute Gasteiger partial charge is 0.481 e. The van der Waals surface area contributed by atoms with Crippen LogP contribution in [0.4, 0.5) is 0 Å². The number of rotatable bonds is 5. The molecule has 0 amide bonds. The molecule has 3 heteroatoms. The number of benzene rings is 1. The molecule has 3 nitrogen and oxygen atoms in total. The van der Waals surface area contributed by atoms with Gasteiger partial charge in [0.1, 0.15) is 0 Å². The van der Waals surface area contributed by atoms with E-state index >= 15 is 0 Å². The van der Waals surface area contributed by atoms with E-state index in [0.29, 0.717) is 12.5 Å². The van der Waals surface area contributed by atoms with Crippen LogP contribution in [0.3, 0.4) is 0 Å². The maximum atomic E-state index is 11.1. The Hall–Kier alpha value is -1.35. The fourth-order valence-electron chi connectivity index (χ4n) is 1.67. The lowest BCUT2D eigenvalue weighted by Gasteiger charge is -2.13. The zero-order valence-electron chi connectivity index (χ0n) is 10.0. The van der Waals surface area contributed by atoms with Crippen LogP contribution in [-0.2, 0) is 4.79 Å². The number of carbonyl (C=O) groups is 1. The number of carboxylic acids is 1. The first-order chi connectivity index (χ1) is 7.56.